The fourth-order valence-electron chi connectivity index (χ4n) is 3.07. The minimum atomic E-state index is -0.525. The molecular formula is C20H21N3O4. The van der Waals surface area contributed by atoms with E-state index < -0.39 is 4.92 Å². The molecule has 3 aromatic rings. The number of benzene rings is 2. The Balaban J connectivity index is 1.75. The molecule has 0 atom stereocenters. The predicted octanol–water partition coefficient (Wildman–Crippen LogP) is 3.82. The van der Waals surface area contributed by atoms with E-state index in [1.54, 1.807) is 0 Å². The van der Waals surface area contributed by atoms with Crippen LogP contribution >= 0.6 is 0 Å². The maximum absolute atomic E-state index is 12.6. The average molecular weight is 367 g/mol. The van der Waals surface area contributed by atoms with Gasteiger partial charge >= 0.3 is 0 Å². The number of ether oxygens (including phenoxy) is 1. The number of nitro benzene ring substituents is 1. The Morgan fingerprint density at radius 3 is 2.67 bits per heavy atom. The fourth-order valence-corrected chi connectivity index (χ4v) is 3.07. The summed E-state index contributed by atoms with van der Waals surface area (Å²) in [5.74, 6) is 1.19. The molecule has 7 heteroatoms. The third-order valence-corrected chi connectivity index (χ3v) is 4.48. The van der Waals surface area contributed by atoms with Gasteiger partial charge in [-0.15, -0.1) is 0 Å². The molecule has 0 fully saturated rings. The van der Waals surface area contributed by atoms with Crippen LogP contribution in [0.25, 0.3) is 10.9 Å². The van der Waals surface area contributed by atoms with Crippen LogP contribution in [0.15, 0.2) is 47.5 Å². The van der Waals surface area contributed by atoms with Crippen molar-refractivity contribution in [1.29, 1.82) is 0 Å². The summed E-state index contributed by atoms with van der Waals surface area (Å²) >= 11 is 0. The number of nitro groups is 1. The van der Waals surface area contributed by atoms with E-state index in [1.807, 2.05) is 19.1 Å². The van der Waals surface area contributed by atoms with Gasteiger partial charge in [0.05, 0.1) is 28.7 Å². The van der Waals surface area contributed by atoms with Crippen LogP contribution in [0.4, 0.5) is 5.69 Å². The molecule has 27 heavy (non-hydrogen) atoms. The van der Waals surface area contributed by atoms with Crippen molar-refractivity contribution in [3.63, 3.8) is 0 Å². The average Bonchev–Trinajstić information content (AvgIpc) is 2.63. The molecule has 0 amide bonds. The molecule has 0 unspecified atom stereocenters. The van der Waals surface area contributed by atoms with E-state index in [-0.39, 0.29) is 16.6 Å². The largest absolute Gasteiger partial charge is 0.492 e. The zero-order valence-corrected chi connectivity index (χ0v) is 15.5. The van der Waals surface area contributed by atoms with Gasteiger partial charge in [-0.2, -0.15) is 0 Å². The Bertz CT molecular complexity index is 1060. The Kier molecular flexibility index (Phi) is 5.21. The molecule has 0 saturated heterocycles. The van der Waals surface area contributed by atoms with Gasteiger partial charge < -0.3 is 4.74 Å². The summed E-state index contributed by atoms with van der Waals surface area (Å²) < 4.78 is 7.16. The van der Waals surface area contributed by atoms with Crippen molar-refractivity contribution in [1.82, 2.24) is 9.55 Å². The number of nitrogens with zero attached hydrogens (tertiary/aromatic N) is 3. The van der Waals surface area contributed by atoms with E-state index in [0.29, 0.717) is 24.6 Å². The van der Waals surface area contributed by atoms with Crippen LogP contribution in [-0.2, 0) is 6.54 Å². The van der Waals surface area contributed by atoms with Gasteiger partial charge in [-0.3, -0.25) is 19.5 Å². The molecule has 0 aliphatic rings. The minimum Gasteiger partial charge on any atom is -0.492 e. The van der Waals surface area contributed by atoms with Gasteiger partial charge in [-0.1, -0.05) is 19.9 Å². The van der Waals surface area contributed by atoms with E-state index in [0.717, 1.165) is 5.75 Å². The molecule has 3 rings (SSSR count). The van der Waals surface area contributed by atoms with Crippen LogP contribution in [0.1, 0.15) is 30.9 Å². The third-order valence-electron chi connectivity index (χ3n) is 4.48. The second kappa shape index (κ2) is 7.57. The molecular weight excluding hydrogens is 346 g/mol. The fraction of sp³-hybridized carbons (Fsp3) is 0.300. The SMILES string of the molecule is Cc1cc(OCCn2cnc3ccc([N+](=O)[O-])cc3c2=O)ccc1C(C)C. The van der Waals surface area contributed by atoms with E-state index >= 15 is 0 Å². The summed E-state index contributed by atoms with van der Waals surface area (Å²) in [5, 5.41) is 11.1. The minimum absolute atomic E-state index is 0.129. The number of rotatable bonds is 6. The lowest BCUT2D eigenvalue weighted by Crippen LogP contribution is -2.23. The molecule has 0 saturated carbocycles. The monoisotopic (exact) mass is 367 g/mol. The lowest BCUT2D eigenvalue weighted by molar-refractivity contribution is -0.384. The Morgan fingerprint density at radius 1 is 1.22 bits per heavy atom. The van der Waals surface area contributed by atoms with E-state index in [2.05, 4.69) is 24.9 Å². The number of aromatic nitrogens is 2. The molecule has 0 N–H and O–H groups in total. The van der Waals surface area contributed by atoms with Crippen molar-refractivity contribution in [2.75, 3.05) is 6.61 Å². The standard InChI is InChI=1S/C20H21N3O4/c1-13(2)17-6-5-16(10-14(17)3)27-9-8-22-12-21-19-7-4-15(23(25)26)11-18(19)20(22)24/h4-7,10-13H,8-9H2,1-3H3. The van der Waals surface area contributed by atoms with Gasteiger partial charge in [0.2, 0.25) is 0 Å². The number of hydrogen-bond donors (Lipinski definition) is 0. The molecule has 2 aromatic carbocycles. The van der Waals surface area contributed by atoms with E-state index in [9.17, 15) is 14.9 Å². The first-order valence-corrected chi connectivity index (χ1v) is 8.73. The van der Waals surface area contributed by atoms with Crippen LogP contribution in [-0.4, -0.2) is 21.1 Å². The molecule has 0 aliphatic heterocycles. The van der Waals surface area contributed by atoms with Crippen LogP contribution in [0.3, 0.4) is 0 Å². The predicted molar refractivity (Wildman–Crippen MR) is 103 cm³/mol. The van der Waals surface area contributed by atoms with Crippen molar-refractivity contribution in [2.24, 2.45) is 0 Å². The van der Waals surface area contributed by atoms with Gasteiger partial charge in [0.15, 0.2) is 0 Å². The Labute approximate surface area is 156 Å². The van der Waals surface area contributed by atoms with Crippen LogP contribution in [0.5, 0.6) is 5.75 Å². The molecule has 0 aliphatic carbocycles. The highest BCUT2D eigenvalue weighted by atomic mass is 16.6. The molecule has 7 nitrogen and oxygen atoms in total. The van der Waals surface area contributed by atoms with Crippen LogP contribution in [0.2, 0.25) is 0 Å². The van der Waals surface area contributed by atoms with Crippen molar-refractivity contribution in [3.05, 3.63) is 74.3 Å². The highest BCUT2D eigenvalue weighted by Gasteiger charge is 2.11. The zero-order chi connectivity index (χ0) is 19.6. The highest BCUT2D eigenvalue weighted by Crippen LogP contribution is 2.23. The second-order valence-electron chi connectivity index (χ2n) is 6.72. The normalized spacial score (nSPS) is 11.1. The van der Waals surface area contributed by atoms with Crippen molar-refractivity contribution in [3.8, 4) is 5.75 Å². The summed E-state index contributed by atoms with van der Waals surface area (Å²) in [6.07, 6.45) is 1.44. The third kappa shape index (κ3) is 3.97. The maximum Gasteiger partial charge on any atom is 0.270 e. The Hall–Kier alpha value is -3.22. The topological polar surface area (TPSA) is 87.3 Å². The number of hydrogen-bond acceptors (Lipinski definition) is 5. The first kappa shape index (κ1) is 18.6. The van der Waals surface area contributed by atoms with E-state index in [4.69, 9.17) is 4.74 Å². The summed E-state index contributed by atoms with van der Waals surface area (Å²) in [7, 11) is 0. The number of aryl methyl sites for hydroxylation is 1. The molecule has 1 aromatic heterocycles. The zero-order valence-electron chi connectivity index (χ0n) is 15.5. The number of fused-ring (bicyclic) bond motifs is 1. The first-order valence-electron chi connectivity index (χ1n) is 8.73. The molecule has 0 spiro atoms. The van der Waals surface area contributed by atoms with Gasteiger partial charge in [-0.05, 0) is 42.2 Å². The summed E-state index contributed by atoms with van der Waals surface area (Å²) in [4.78, 5) is 27.2. The summed E-state index contributed by atoms with van der Waals surface area (Å²) in [6, 6.07) is 10.0. The lowest BCUT2D eigenvalue weighted by atomic mass is 9.98. The molecule has 0 bridgehead atoms. The molecule has 1 heterocycles. The van der Waals surface area contributed by atoms with Gasteiger partial charge in [0.1, 0.15) is 12.4 Å². The summed E-state index contributed by atoms with van der Waals surface area (Å²) in [6.45, 7) is 6.93. The van der Waals surface area contributed by atoms with Crippen molar-refractivity contribution in [2.45, 2.75) is 33.2 Å². The van der Waals surface area contributed by atoms with Crippen molar-refractivity contribution < 1.29 is 9.66 Å². The van der Waals surface area contributed by atoms with E-state index in [1.165, 1.54) is 40.2 Å². The van der Waals surface area contributed by atoms with Crippen LogP contribution < -0.4 is 10.3 Å². The highest BCUT2D eigenvalue weighted by molar-refractivity contribution is 5.79. The van der Waals surface area contributed by atoms with Gasteiger partial charge in [-0.25, -0.2) is 4.98 Å². The second-order valence-corrected chi connectivity index (χ2v) is 6.72. The first-order chi connectivity index (χ1) is 12.9. The summed E-state index contributed by atoms with van der Waals surface area (Å²) in [5.41, 5.74) is 2.43. The van der Waals surface area contributed by atoms with Gasteiger partial charge in [0, 0.05) is 12.1 Å². The molecule has 0 radical (unpaired) electrons. The Morgan fingerprint density at radius 2 is 2.00 bits per heavy atom. The van der Waals surface area contributed by atoms with Crippen molar-refractivity contribution >= 4 is 16.6 Å². The number of non-ortho nitro benzene ring substituents is 1. The quantitative estimate of drug-likeness (QED) is 0.488. The maximum atomic E-state index is 12.6. The van der Waals surface area contributed by atoms with Gasteiger partial charge in [0.25, 0.3) is 11.2 Å². The lowest BCUT2D eigenvalue weighted by Gasteiger charge is -2.13. The smallest absolute Gasteiger partial charge is 0.270 e. The molecule has 140 valence electrons. The van der Waals surface area contributed by atoms with Crippen LogP contribution in [0, 0.1) is 17.0 Å².